The molecule has 3 aromatic carbocycles. The van der Waals surface area contributed by atoms with Crippen molar-refractivity contribution in [3.8, 4) is 22.6 Å². The molecule has 0 unspecified atom stereocenters. The minimum Gasteiger partial charge on any atom is -0.356 e. The molecule has 0 aliphatic carbocycles. The summed E-state index contributed by atoms with van der Waals surface area (Å²) in [4.78, 5) is 7.93. The van der Waals surface area contributed by atoms with E-state index in [9.17, 15) is 0 Å². The normalized spacial score (nSPS) is 10.5. The molecule has 0 atom stereocenters. The van der Waals surface area contributed by atoms with Crippen LogP contribution >= 0.6 is 0 Å². The molecule has 3 nitrogen and oxygen atoms in total. The largest absolute Gasteiger partial charge is 0.356 e. The number of imidazole rings is 1. The molecule has 116 valence electrons. The molecular formula is C21H17N3. The number of benzene rings is 3. The van der Waals surface area contributed by atoms with Gasteiger partial charge in [-0.05, 0) is 29.8 Å². The number of para-hydroxylation sites is 1. The second-order valence-electron chi connectivity index (χ2n) is 5.58. The minimum atomic E-state index is 0.866. The third kappa shape index (κ3) is 3.06. The highest BCUT2D eigenvalue weighted by atomic mass is 14.9. The van der Waals surface area contributed by atoms with Gasteiger partial charge in [0.1, 0.15) is 5.82 Å². The molecule has 4 aromatic rings. The number of hydrogen-bond acceptors (Lipinski definition) is 2. The van der Waals surface area contributed by atoms with Crippen LogP contribution in [0.5, 0.6) is 0 Å². The molecule has 0 radical (unpaired) electrons. The van der Waals surface area contributed by atoms with E-state index in [1.54, 1.807) is 0 Å². The summed E-state index contributed by atoms with van der Waals surface area (Å²) in [7, 11) is 0. The van der Waals surface area contributed by atoms with E-state index >= 15 is 0 Å². The molecular weight excluding hydrogens is 294 g/mol. The lowest BCUT2D eigenvalue weighted by Crippen LogP contribution is -1.90. The van der Waals surface area contributed by atoms with E-state index in [-0.39, 0.29) is 0 Å². The first-order valence-electron chi connectivity index (χ1n) is 7.91. The van der Waals surface area contributed by atoms with Crippen molar-refractivity contribution in [3.63, 3.8) is 0 Å². The zero-order valence-electron chi connectivity index (χ0n) is 13.1. The van der Waals surface area contributed by atoms with Gasteiger partial charge in [-0.15, -0.1) is 0 Å². The number of aromatic nitrogens is 2. The topological polar surface area (TPSA) is 40.7 Å². The van der Waals surface area contributed by atoms with E-state index in [4.69, 9.17) is 0 Å². The van der Waals surface area contributed by atoms with Crippen LogP contribution in [0.1, 0.15) is 0 Å². The van der Waals surface area contributed by atoms with Crippen LogP contribution in [-0.2, 0) is 0 Å². The molecule has 0 bridgehead atoms. The first-order valence-corrected chi connectivity index (χ1v) is 7.91. The number of rotatable bonds is 4. The predicted octanol–water partition coefficient (Wildman–Crippen LogP) is 5.49. The van der Waals surface area contributed by atoms with Gasteiger partial charge in [0.15, 0.2) is 0 Å². The minimum absolute atomic E-state index is 0.866. The first-order chi connectivity index (χ1) is 11.9. The smallest absolute Gasteiger partial charge is 0.137 e. The Morgan fingerprint density at radius 1 is 0.667 bits per heavy atom. The van der Waals surface area contributed by atoms with E-state index in [1.165, 1.54) is 0 Å². The van der Waals surface area contributed by atoms with Gasteiger partial charge in [0.05, 0.1) is 11.9 Å². The lowest BCUT2D eigenvalue weighted by Gasteiger charge is -2.07. The number of nitrogens with one attached hydrogen (secondary N) is 2. The van der Waals surface area contributed by atoms with Crippen molar-refractivity contribution >= 4 is 11.4 Å². The van der Waals surface area contributed by atoms with Gasteiger partial charge in [-0.3, -0.25) is 0 Å². The fourth-order valence-corrected chi connectivity index (χ4v) is 2.66. The summed E-state index contributed by atoms with van der Waals surface area (Å²) in [5, 5.41) is 3.41. The molecule has 1 aromatic heterocycles. The van der Waals surface area contributed by atoms with E-state index in [0.29, 0.717) is 0 Å². The van der Waals surface area contributed by atoms with Crippen LogP contribution in [0.2, 0.25) is 0 Å². The first kappa shape index (κ1) is 14.3. The van der Waals surface area contributed by atoms with Crippen LogP contribution in [0.4, 0.5) is 11.4 Å². The summed E-state index contributed by atoms with van der Waals surface area (Å²) in [5.41, 5.74) is 5.32. The second-order valence-corrected chi connectivity index (χ2v) is 5.58. The van der Waals surface area contributed by atoms with E-state index < -0.39 is 0 Å². The van der Waals surface area contributed by atoms with Crippen molar-refractivity contribution in [3.05, 3.63) is 91.1 Å². The molecule has 3 heteroatoms. The fraction of sp³-hybridized carbons (Fsp3) is 0. The summed E-state index contributed by atoms with van der Waals surface area (Å²) in [6.07, 6.45) is 1.88. The monoisotopic (exact) mass is 311 g/mol. The van der Waals surface area contributed by atoms with Gasteiger partial charge in [-0.1, -0.05) is 60.7 Å². The number of anilines is 2. The van der Waals surface area contributed by atoms with Crippen molar-refractivity contribution < 1.29 is 0 Å². The Hall–Kier alpha value is -3.33. The third-order valence-corrected chi connectivity index (χ3v) is 3.86. The third-order valence-electron chi connectivity index (χ3n) is 3.86. The zero-order chi connectivity index (χ0) is 16.2. The maximum Gasteiger partial charge on any atom is 0.137 e. The molecule has 0 fully saturated rings. The molecule has 0 amide bonds. The second kappa shape index (κ2) is 6.42. The molecule has 0 aliphatic rings. The maximum atomic E-state index is 4.53. The average Bonchev–Trinajstić information content (AvgIpc) is 3.14. The predicted molar refractivity (Wildman–Crippen MR) is 99.2 cm³/mol. The van der Waals surface area contributed by atoms with E-state index in [0.717, 1.165) is 34.0 Å². The molecule has 0 saturated heterocycles. The van der Waals surface area contributed by atoms with Gasteiger partial charge in [0.25, 0.3) is 0 Å². The maximum absolute atomic E-state index is 4.53. The lowest BCUT2D eigenvalue weighted by molar-refractivity contribution is 1.31. The van der Waals surface area contributed by atoms with Crippen LogP contribution in [-0.4, -0.2) is 9.97 Å². The van der Waals surface area contributed by atoms with Crippen molar-refractivity contribution in [2.45, 2.75) is 0 Å². The number of aromatic amines is 1. The standard InChI is InChI=1S/C21H17N3/c1-3-8-16(9-4-1)20-15-22-21(24-20)17-10-7-13-19(14-17)23-18-11-5-2-6-12-18/h1-15,23H,(H,22,24). The van der Waals surface area contributed by atoms with Crippen molar-refractivity contribution in [1.82, 2.24) is 9.97 Å². The highest BCUT2D eigenvalue weighted by molar-refractivity contribution is 5.69. The summed E-state index contributed by atoms with van der Waals surface area (Å²) in [5.74, 6) is 0.866. The summed E-state index contributed by atoms with van der Waals surface area (Å²) in [6.45, 7) is 0. The van der Waals surface area contributed by atoms with Crippen LogP contribution in [0.3, 0.4) is 0 Å². The van der Waals surface area contributed by atoms with Crippen molar-refractivity contribution in [2.75, 3.05) is 5.32 Å². The fourth-order valence-electron chi connectivity index (χ4n) is 2.66. The Bertz CT molecular complexity index is 927. The quantitative estimate of drug-likeness (QED) is 0.523. The van der Waals surface area contributed by atoms with Crippen molar-refractivity contribution in [2.24, 2.45) is 0 Å². The van der Waals surface area contributed by atoms with Gasteiger partial charge in [-0.25, -0.2) is 4.98 Å². The van der Waals surface area contributed by atoms with Crippen LogP contribution in [0.25, 0.3) is 22.6 Å². The Balaban J connectivity index is 1.61. The zero-order valence-corrected chi connectivity index (χ0v) is 13.1. The molecule has 2 N–H and O–H groups in total. The van der Waals surface area contributed by atoms with Gasteiger partial charge in [0.2, 0.25) is 0 Å². The Labute approximate surface area is 141 Å². The molecule has 0 saturated carbocycles. The lowest BCUT2D eigenvalue weighted by atomic mass is 10.1. The highest BCUT2D eigenvalue weighted by Gasteiger charge is 2.06. The van der Waals surface area contributed by atoms with Crippen LogP contribution < -0.4 is 5.32 Å². The molecule has 1 heterocycles. The number of H-pyrrole nitrogens is 1. The SMILES string of the molecule is c1ccc(Nc2cccc(-c3ncc(-c4ccccc4)[nH]3)c2)cc1. The number of hydrogen-bond donors (Lipinski definition) is 2. The molecule has 24 heavy (non-hydrogen) atoms. The van der Waals surface area contributed by atoms with Crippen LogP contribution in [0.15, 0.2) is 91.1 Å². The van der Waals surface area contributed by atoms with Gasteiger partial charge < -0.3 is 10.3 Å². The Morgan fingerprint density at radius 3 is 2.12 bits per heavy atom. The summed E-state index contributed by atoms with van der Waals surface area (Å²) in [6, 6.07) is 28.6. The van der Waals surface area contributed by atoms with Crippen LogP contribution in [0, 0.1) is 0 Å². The summed E-state index contributed by atoms with van der Waals surface area (Å²) < 4.78 is 0. The van der Waals surface area contributed by atoms with Gasteiger partial charge >= 0.3 is 0 Å². The van der Waals surface area contributed by atoms with Gasteiger partial charge in [-0.2, -0.15) is 0 Å². The van der Waals surface area contributed by atoms with Gasteiger partial charge in [0, 0.05) is 16.9 Å². The summed E-state index contributed by atoms with van der Waals surface area (Å²) >= 11 is 0. The Morgan fingerprint density at radius 2 is 1.33 bits per heavy atom. The van der Waals surface area contributed by atoms with E-state index in [1.807, 2.05) is 60.8 Å². The Kier molecular flexibility index (Phi) is 3.82. The molecule has 4 rings (SSSR count). The number of nitrogens with zero attached hydrogens (tertiary/aromatic N) is 1. The highest BCUT2D eigenvalue weighted by Crippen LogP contribution is 2.25. The molecule has 0 spiro atoms. The van der Waals surface area contributed by atoms with Crippen molar-refractivity contribution in [1.29, 1.82) is 0 Å². The average molecular weight is 311 g/mol. The molecule has 0 aliphatic heterocycles. The van der Waals surface area contributed by atoms with E-state index in [2.05, 4.69) is 45.6 Å².